The zero-order valence-corrected chi connectivity index (χ0v) is 12.6. The minimum atomic E-state index is -0.203. The Morgan fingerprint density at radius 3 is 2.64 bits per heavy atom. The topological polar surface area (TPSA) is 66.6 Å². The molecule has 1 unspecified atom stereocenters. The summed E-state index contributed by atoms with van der Waals surface area (Å²) in [5.41, 5.74) is 6.72. The highest BCUT2D eigenvalue weighted by Crippen LogP contribution is 2.25. The van der Waals surface area contributed by atoms with Crippen molar-refractivity contribution in [2.75, 3.05) is 29.7 Å². The molecule has 1 aliphatic heterocycles. The third kappa shape index (κ3) is 4.04. The van der Waals surface area contributed by atoms with Crippen molar-refractivity contribution in [3.63, 3.8) is 0 Å². The number of rotatable bonds is 7. The summed E-state index contributed by atoms with van der Waals surface area (Å²) in [5, 5.41) is 0.600. The maximum atomic E-state index is 14.1. The second-order valence-electron chi connectivity index (χ2n) is 5.57. The molecule has 5 nitrogen and oxygen atoms in total. The lowest BCUT2D eigenvalue weighted by atomic mass is 10.1. The van der Waals surface area contributed by atoms with E-state index in [1.54, 1.807) is 29.2 Å². The van der Waals surface area contributed by atoms with E-state index in [-0.39, 0.29) is 31.3 Å². The number of aldehydes is 1. The summed E-state index contributed by atoms with van der Waals surface area (Å²) < 4.78 is 14.1. The summed E-state index contributed by atoms with van der Waals surface area (Å²) in [6.07, 6.45) is 3.50. The number of benzene rings is 1. The maximum absolute atomic E-state index is 14.1. The first-order valence-electron chi connectivity index (χ1n) is 7.63. The molecule has 2 rings (SSSR count). The molecule has 1 saturated heterocycles. The summed E-state index contributed by atoms with van der Waals surface area (Å²) in [6, 6.07) is 6.79. The Morgan fingerprint density at radius 1 is 1.32 bits per heavy atom. The Bertz CT molecular complexity index is 507. The van der Waals surface area contributed by atoms with Crippen LogP contribution in [0.15, 0.2) is 24.3 Å². The number of hydrogen-bond acceptors (Lipinski definition) is 4. The molecule has 2 N–H and O–H groups in total. The molecule has 120 valence electrons. The van der Waals surface area contributed by atoms with Crippen LogP contribution in [0.1, 0.15) is 25.7 Å². The van der Waals surface area contributed by atoms with E-state index in [4.69, 9.17) is 5.73 Å². The van der Waals surface area contributed by atoms with E-state index in [0.29, 0.717) is 23.8 Å². The van der Waals surface area contributed by atoms with Crippen molar-refractivity contribution in [3.05, 3.63) is 24.3 Å². The second kappa shape index (κ2) is 7.89. The van der Waals surface area contributed by atoms with E-state index in [2.05, 4.69) is 0 Å². The number of nitrogens with zero attached hydrogens (tertiary/aromatic N) is 2. The van der Waals surface area contributed by atoms with Crippen LogP contribution in [-0.2, 0) is 9.59 Å². The van der Waals surface area contributed by atoms with Gasteiger partial charge in [0.1, 0.15) is 6.29 Å². The lowest BCUT2D eigenvalue weighted by molar-refractivity contribution is -0.119. The van der Waals surface area contributed by atoms with Crippen LogP contribution in [-0.4, -0.2) is 31.8 Å². The van der Waals surface area contributed by atoms with E-state index >= 15 is 0 Å². The molecule has 1 heterocycles. The minimum Gasteiger partial charge on any atom is -0.330 e. The number of hydrogen-bond donors (Lipinski definition) is 1. The number of halogens is 1. The SMILES string of the molecule is NCC(CC=O)CN(F)c1ccc(N2CCCCC2=O)cc1. The molecule has 22 heavy (non-hydrogen) atoms. The van der Waals surface area contributed by atoms with Crippen molar-refractivity contribution in [1.82, 2.24) is 0 Å². The number of carbonyl (C=O) groups excluding carboxylic acids is 2. The molecule has 0 radical (unpaired) electrons. The average molecular weight is 307 g/mol. The van der Waals surface area contributed by atoms with Crippen molar-refractivity contribution in [2.45, 2.75) is 25.7 Å². The molecule has 1 fully saturated rings. The highest BCUT2D eigenvalue weighted by atomic mass is 19.2. The quantitative estimate of drug-likeness (QED) is 0.618. The normalized spacial score (nSPS) is 16.5. The van der Waals surface area contributed by atoms with Crippen molar-refractivity contribution in [3.8, 4) is 0 Å². The Balaban J connectivity index is 2.01. The standard InChI is InChI=1S/C16H22FN3O2/c17-20(12-13(11-18)8-10-21)15-6-4-14(5-7-15)19-9-2-1-3-16(19)22/h4-7,10,13H,1-3,8-9,11-12,18H2. The third-order valence-corrected chi connectivity index (χ3v) is 3.95. The van der Waals surface area contributed by atoms with Crippen molar-refractivity contribution >= 4 is 23.6 Å². The van der Waals surface area contributed by atoms with Gasteiger partial charge < -0.3 is 15.4 Å². The van der Waals surface area contributed by atoms with E-state index < -0.39 is 0 Å². The van der Waals surface area contributed by atoms with Crippen LogP contribution in [0, 0.1) is 5.92 Å². The molecule has 1 atom stereocenters. The fourth-order valence-corrected chi connectivity index (χ4v) is 2.59. The van der Waals surface area contributed by atoms with Gasteiger partial charge in [0.15, 0.2) is 0 Å². The van der Waals surface area contributed by atoms with Gasteiger partial charge in [-0.2, -0.15) is 0 Å². The number of anilines is 2. The van der Waals surface area contributed by atoms with Crippen LogP contribution in [0.3, 0.4) is 0 Å². The Kier molecular flexibility index (Phi) is 5.89. The van der Waals surface area contributed by atoms with Gasteiger partial charge in [-0.15, -0.1) is 0 Å². The Morgan fingerprint density at radius 2 is 2.05 bits per heavy atom. The molecule has 6 heteroatoms. The summed E-state index contributed by atoms with van der Waals surface area (Å²) in [5.74, 6) is -0.0869. The van der Waals surface area contributed by atoms with Gasteiger partial charge in [-0.1, -0.05) is 4.48 Å². The van der Waals surface area contributed by atoms with Crippen LogP contribution in [0.5, 0.6) is 0 Å². The lowest BCUT2D eigenvalue weighted by Crippen LogP contribution is -2.35. The van der Waals surface area contributed by atoms with Crippen LogP contribution in [0.25, 0.3) is 0 Å². The molecule has 1 aromatic rings. The van der Waals surface area contributed by atoms with E-state index in [9.17, 15) is 14.1 Å². The van der Waals surface area contributed by atoms with E-state index in [0.717, 1.165) is 24.8 Å². The monoisotopic (exact) mass is 307 g/mol. The third-order valence-electron chi connectivity index (χ3n) is 3.95. The van der Waals surface area contributed by atoms with Gasteiger partial charge in [0, 0.05) is 25.1 Å². The summed E-state index contributed by atoms with van der Waals surface area (Å²) >= 11 is 0. The number of piperidine rings is 1. The molecule has 0 aromatic heterocycles. The predicted molar refractivity (Wildman–Crippen MR) is 84.3 cm³/mol. The van der Waals surface area contributed by atoms with Gasteiger partial charge in [0.25, 0.3) is 0 Å². The summed E-state index contributed by atoms with van der Waals surface area (Å²) in [4.78, 5) is 24.1. The average Bonchev–Trinajstić information content (AvgIpc) is 2.55. The fourth-order valence-electron chi connectivity index (χ4n) is 2.59. The molecule has 0 bridgehead atoms. The smallest absolute Gasteiger partial charge is 0.226 e. The highest BCUT2D eigenvalue weighted by molar-refractivity contribution is 5.94. The minimum absolute atomic E-state index is 0.0806. The zero-order valence-electron chi connectivity index (χ0n) is 12.6. The van der Waals surface area contributed by atoms with Crippen LogP contribution in [0.2, 0.25) is 0 Å². The number of nitrogens with two attached hydrogens (primary N) is 1. The molecule has 0 spiro atoms. The molecule has 0 saturated carbocycles. The van der Waals surface area contributed by atoms with Crippen molar-refractivity contribution < 1.29 is 14.1 Å². The van der Waals surface area contributed by atoms with Gasteiger partial charge >= 0.3 is 0 Å². The van der Waals surface area contributed by atoms with Gasteiger partial charge in [-0.3, -0.25) is 4.79 Å². The number of amides is 1. The largest absolute Gasteiger partial charge is 0.330 e. The molecule has 1 aromatic carbocycles. The first kappa shape index (κ1) is 16.4. The van der Waals surface area contributed by atoms with E-state index in [1.165, 1.54) is 0 Å². The lowest BCUT2D eigenvalue weighted by Gasteiger charge is -2.27. The zero-order chi connectivity index (χ0) is 15.9. The van der Waals surface area contributed by atoms with Crippen molar-refractivity contribution in [2.24, 2.45) is 11.7 Å². The van der Waals surface area contributed by atoms with Crippen LogP contribution < -0.4 is 15.8 Å². The van der Waals surface area contributed by atoms with Crippen LogP contribution >= 0.6 is 0 Å². The first-order chi connectivity index (χ1) is 10.7. The van der Waals surface area contributed by atoms with Gasteiger partial charge in [-0.05, 0) is 49.6 Å². The molecule has 1 aliphatic rings. The molecule has 1 amide bonds. The summed E-state index contributed by atoms with van der Waals surface area (Å²) in [7, 11) is 0. The first-order valence-corrected chi connectivity index (χ1v) is 7.63. The predicted octanol–water partition coefficient (Wildman–Crippen LogP) is 2.06. The second-order valence-corrected chi connectivity index (χ2v) is 5.57. The van der Waals surface area contributed by atoms with Crippen LogP contribution in [0.4, 0.5) is 15.9 Å². The molecule has 0 aliphatic carbocycles. The molecular weight excluding hydrogens is 285 g/mol. The molecular formula is C16H22FN3O2. The van der Waals surface area contributed by atoms with E-state index in [1.807, 2.05) is 0 Å². The Hall–Kier alpha value is -1.95. The van der Waals surface area contributed by atoms with Crippen molar-refractivity contribution in [1.29, 1.82) is 0 Å². The number of carbonyl (C=O) groups is 2. The fraction of sp³-hybridized carbons (Fsp3) is 0.500. The highest BCUT2D eigenvalue weighted by Gasteiger charge is 2.20. The van der Waals surface area contributed by atoms with Gasteiger partial charge in [-0.25, -0.2) is 5.12 Å². The summed E-state index contributed by atoms with van der Waals surface area (Å²) in [6.45, 7) is 1.06. The van der Waals surface area contributed by atoms with Gasteiger partial charge in [0.05, 0.1) is 12.2 Å². The van der Waals surface area contributed by atoms with Gasteiger partial charge in [0.2, 0.25) is 5.91 Å². The maximum Gasteiger partial charge on any atom is 0.226 e. The Labute approximate surface area is 129 Å².